The Bertz CT molecular complexity index is 988. The van der Waals surface area contributed by atoms with Gasteiger partial charge in [0.25, 0.3) is 0 Å². The van der Waals surface area contributed by atoms with Gasteiger partial charge in [-0.25, -0.2) is 0 Å². The van der Waals surface area contributed by atoms with Crippen molar-refractivity contribution >= 4 is 11.9 Å². The van der Waals surface area contributed by atoms with Crippen LogP contribution in [0, 0.1) is 5.92 Å². The lowest BCUT2D eigenvalue weighted by Crippen LogP contribution is -2.34. The number of rotatable bonds is 6. The predicted molar refractivity (Wildman–Crippen MR) is 120 cm³/mol. The fraction of sp³-hybridized carbons (Fsp3) is 0.346. The molecule has 2 unspecified atom stereocenters. The Kier molecular flexibility index (Phi) is 6.35. The zero-order chi connectivity index (χ0) is 21.9. The zero-order valence-electron chi connectivity index (χ0n) is 18.1. The molecule has 0 spiro atoms. The van der Waals surface area contributed by atoms with Gasteiger partial charge < -0.3 is 14.9 Å². The normalized spacial score (nSPS) is 21.5. The molecule has 2 atom stereocenters. The van der Waals surface area contributed by atoms with Crippen LogP contribution < -0.4 is 4.74 Å². The van der Waals surface area contributed by atoms with Crippen LogP contribution in [0.2, 0.25) is 0 Å². The van der Waals surface area contributed by atoms with E-state index in [9.17, 15) is 15.0 Å². The molecule has 158 valence electrons. The van der Waals surface area contributed by atoms with E-state index in [2.05, 4.69) is 26.8 Å². The van der Waals surface area contributed by atoms with Gasteiger partial charge in [0.05, 0.1) is 7.11 Å². The van der Waals surface area contributed by atoms with E-state index >= 15 is 0 Å². The highest BCUT2D eigenvalue weighted by Gasteiger charge is 2.42. The number of carbonyl (C=O) groups excluding carboxylic acids is 1. The Hall–Kier alpha value is -3.01. The van der Waals surface area contributed by atoms with Crippen LogP contribution in [0.4, 0.5) is 0 Å². The highest BCUT2D eigenvalue weighted by molar-refractivity contribution is 6.11. The van der Waals surface area contributed by atoms with E-state index in [-0.39, 0.29) is 23.0 Å². The molecule has 0 heterocycles. The third-order valence-electron chi connectivity index (χ3n) is 6.34. The minimum atomic E-state index is -0.469. The van der Waals surface area contributed by atoms with Gasteiger partial charge in [0.15, 0.2) is 5.78 Å². The molecule has 1 aliphatic carbocycles. The molecule has 0 aromatic heterocycles. The van der Waals surface area contributed by atoms with Crippen molar-refractivity contribution in [1.29, 1.82) is 0 Å². The van der Waals surface area contributed by atoms with Crippen LogP contribution in [-0.2, 0) is 5.41 Å². The molecule has 1 aliphatic rings. The molecule has 4 nitrogen and oxygen atoms in total. The molecule has 0 amide bonds. The lowest BCUT2D eigenvalue weighted by atomic mass is 9.63. The number of methoxy groups -OCH3 is 1. The van der Waals surface area contributed by atoms with E-state index < -0.39 is 11.2 Å². The van der Waals surface area contributed by atoms with Crippen molar-refractivity contribution in [3.63, 3.8) is 0 Å². The highest BCUT2D eigenvalue weighted by atomic mass is 16.5. The maximum atomic E-state index is 13.0. The summed E-state index contributed by atoms with van der Waals surface area (Å²) in [6.07, 6.45) is 7.99. The van der Waals surface area contributed by atoms with Gasteiger partial charge in [-0.15, -0.1) is 0 Å². The second-order valence-corrected chi connectivity index (χ2v) is 8.13. The minimum Gasteiger partial charge on any atom is -0.507 e. The lowest BCUT2D eigenvalue weighted by molar-refractivity contribution is 0.104. The van der Waals surface area contributed by atoms with E-state index in [1.807, 2.05) is 30.3 Å². The summed E-state index contributed by atoms with van der Waals surface area (Å²) in [5.74, 6) is -0.291. The summed E-state index contributed by atoms with van der Waals surface area (Å²) < 4.78 is 5.56. The van der Waals surface area contributed by atoms with E-state index in [1.165, 1.54) is 24.8 Å². The Morgan fingerprint density at radius 3 is 2.60 bits per heavy atom. The molecule has 30 heavy (non-hydrogen) atoms. The van der Waals surface area contributed by atoms with Gasteiger partial charge in [0.2, 0.25) is 0 Å². The first-order valence-corrected chi connectivity index (χ1v) is 10.4. The van der Waals surface area contributed by atoms with E-state index in [0.29, 0.717) is 11.3 Å². The average molecular weight is 407 g/mol. The summed E-state index contributed by atoms with van der Waals surface area (Å²) in [6.45, 7) is 6.33. The lowest BCUT2D eigenvalue weighted by Gasteiger charge is -2.41. The molecular weight excluding hydrogens is 376 g/mol. The maximum Gasteiger partial charge on any atom is 0.193 e. The van der Waals surface area contributed by atoms with E-state index in [0.717, 1.165) is 24.8 Å². The third-order valence-corrected chi connectivity index (χ3v) is 6.34. The van der Waals surface area contributed by atoms with Crippen molar-refractivity contribution in [2.45, 2.75) is 45.4 Å². The Morgan fingerprint density at radius 1 is 1.27 bits per heavy atom. The number of carbonyl (C=O) groups is 1. The quantitative estimate of drug-likeness (QED) is 0.349. The summed E-state index contributed by atoms with van der Waals surface area (Å²) in [4.78, 5) is 13.0. The van der Waals surface area contributed by atoms with E-state index in [1.54, 1.807) is 6.08 Å². The van der Waals surface area contributed by atoms with Crippen LogP contribution in [0.5, 0.6) is 17.2 Å². The molecular formula is C26H30O4. The zero-order valence-corrected chi connectivity index (χ0v) is 18.1. The Morgan fingerprint density at radius 2 is 1.97 bits per heavy atom. The summed E-state index contributed by atoms with van der Waals surface area (Å²) >= 11 is 0. The topological polar surface area (TPSA) is 66.8 Å². The van der Waals surface area contributed by atoms with Gasteiger partial charge in [0, 0.05) is 17.0 Å². The van der Waals surface area contributed by atoms with Crippen LogP contribution >= 0.6 is 0 Å². The van der Waals surface area contributed by atoms with Gasteiger partial charge in [-0.2, -0.15) is 0 Å². The number of ether oxygens (including phenoxy) is 1. The van der Waals surface area contributed by atoms with Crippen molar-refractivity contribution in [3.8, 4) is 17.2 Å². The second kappa shape index (κ2) is 8.78. The second-order valence-electron chi connectivity index (χ2n) is 8.13. The first-order valence-electron chi connectivity index (χ1n) is 10.4. The van der Waals surface area contributed by atoms with Gasteiger partial charge in [-0.3, -0.25) is 4.79 Å². The molecule has 0 bridgehead atoms. The predicted octanol–water partition coefficient (Wildman–Crippen LogP) is 6.03. The number of ketones is 1. The third kappa shape index (κ3) is 3.87. The van der Waals surface area contributed by atoms with Crippen LogP contribution in [0.1, 0.15) is 61.5 Å². The van der Waals surface area contributed by atoms with Crippen LogP contribution in [0.3, 0.4) is 0 Å². The molecule has 2 aromatic rings. The standard InChI is InChI=1S/C26H30O4/c1-5-26(16-17(2)11-12-18(26)3)24-22(30-4)15-21(28)23(25(24)29)20(27)14-13-19-9-7-6-8-10-19/h6-10,13-16,18,28-29H,5,11-12H2,1-4H3. The maximum absolute atomic E-state index is 13.0. The molecule has 3 rings (SSSR count). The highest BCUT2D eigenvalue weighted by Crippen LogP contribution is 2.53. The summed E-state index contributed by atoms with van der Waals surface area (Å²) in [6, 6.07) is 10.9. The summed E-state index contributed by atoms with van der Waals surface area (Å²) in [5.41, 5.74) is 2.14. The first kappa shape index (κ1) is 21.7. The van der Waals surface area contributed by atoms with Gasteiger partial charge in [-0.05, 0) is 43.7 Å². The summed E-state index contributed by atoms with van der Waals surface area (Å²) in [5, 5.41) is 21.8. The van der Waals surface area contributed by atoms with Crippen molar-refractivity contribution in [2.75, 3.05) is 7.11 Å². The largest absolute Gasteiger partial charge is 0.507 e. The van der Waals surface area contributed by atoms with Gasteiger partial charge >= 0.3 is 0 Å². The van der Waals surface area contributed by atoms with E-state index in [4.69, 9.17) is 4.74 Å². The SMILES string of the molecule is CCC1(c2c(OC)cc(O)c(C(=O)C=Cc3ccccc3)c2O)C=C(C)CCC1C. The first-order chi connectivity index (χ1) is 14.3. The number of allylic oxidation sites excluding steroid dienone is 3. The smallest absolute Gasteiger partial charge is 0.193 e. The van der Waals surface area contributed by atoms with Crippen molar-refractivity contribution in [3.05, 3.63) is 70.8 Å². The number of hydrogen-bond acceptors (Lipinski definition) is 4. The average Bonchev–Trinajstić information content (AvgIpc) is 2.74. The number of benzene rings is 2. The molecule has 0 saturated carbocycles. The van der Waals surface area contributed by atoms with Crippen molar-refractivity contribution < 1.29 is 19.7 Å². The molecule has 0 fully saturated rings. The van der Waals surface area contributed by atoms with Crippen LogP contribution in [0.15, 0.2) is 54.1 Å². The molecule has 0 saturated heterocycles. The monoisotopic (exact) mass is 406 g/mol. The number of aromatic hydroxyl groups is 2. The molecule has 0 aliphatic heterocycles. The summed E-state index contributed by atoms with van der Waals surface area (Å²) in [7, 11) is 1.52. The van der Waals surface area contributed by atoms with Gasteiger partial charge in [-0.1, -0.05) is 61.9 Å². The number of phenolic OH excluding ortho intramolecular Hbond substituents is 2. The Labute approximate surface area is 178 Å². The molecule has 0 radical (unpaired) electrons. The van der Waals surface area contributed by atoms with Crippen LogP contribution in [-0.4, -0.2) is 23.1 Å². The Balaban J connectivity index is 2.17. The number of phenols is 2. The fourth-order valence-corrected chi connectivity index (χ4v) is 4.61. The van der Waals surface area contributed by atoms with Crippen molar-refractivity contribution in [2.24, 2.45) is 5.92 Å². The van der Waals surface area contributed by atoms with Crippen molar-refractivity contribution in [1.82, 2.24) is 0 Å². The minimum absolute atomic E-state index is 0.0883. The molecule has 4 heteroatoms. The fourth-order valence-electron chi connectivity index (χ4n) is 4.61. The van der Waals surface area contributed by atoms with Gasteiger partial charge in [0.1, 0.15) is 22.8 Å². The van der Waals surface area contributed by atoms with Crippen LogP contribution in [0.25, 0.3) is 6.08 Å². The molecule has 2 aromatic carbocycles. The number of hydrogen-bond donors (Lipinski definition) is 2. The molecule has 2 N–H and O–H groups in total.